The molecule has 0 aromatic heterocycles. The van der Waals surface area contributed by atoms with E-state index in [2.05, 4.69) is 19.9 Å². The molecule has 0 saturated carbocycles. The fourth-order valence-corrected chi connectivity index (χ4v) is 0.740. The van der Waals surface area contributed by atoms with Crippen molar-refractivity contribution in [1.82, 2.24) is 0 Å². The molecule has 0 N–H and O–H groups in total. The first-order valence-corrected chi connectivity index (χ1v) is 3.29. The predicted molar refractivity (Wildman–Crippen MR) is 38.1 cm³/mol. The summed E-state index contributed by atoms with van der Waals surface area (Å²) >= 11 is 0. The van der Waals surface area contributed by atoms with Gasteiger partial charge in [-0.25, -0.2) is 0 Å². The van der Waals surface area contributed by atoms with Crippen molar-refractivity contribution in [1.29, 1.82) is 0 Å². The third-order valence-electron chi connectivity index (χ3n) is 1.68. The van der Waals surface area contributed by atoms with E-state index in [0.717, 1.165) is 6.42 Å². The van der Waals surface area contributed by atoms with E-state index in [9.17, 15) is 0 Å². The van der Waals surface area contributed by atoms with Gasteiger partial charge in [0.15, 0.2) is 0 Å². The predicted octanol–water partition coefficient (Wildman–Crippen LogP) is 2.26. The quantitative estimate of drug-likeness (QED) is 0.521. The molecule has 0 aromatic rings. The summed E-state index contributed by atoms with van der Waals surface area (Å²) in [4.78, 5) is 0. The summed E-state index contributed by atoms with van der Waals surface area (Å²) in [5, 5.41) is 0. The Morgan fingerprint density at radius 3 is 2.56 bits per heavy atom. The maximum atomic E-state index is 5.35. The minimum Gasteiger partial charge on any atom is -0.491 e. The smallest absolute Gasteiger partial charge is 0.123 e. The molecule has 9 heavy (non-hydrogen) atoms. The first-order chi connectivity index (χ1) is 4.27. The molecular weight excluding hydrogens is 112 g/mol. The topological polar surface area (TPSA) is 9.23 Å². The van der Waals surface area contributed by atoms with Crippen LogP contribution < -0.4 is 0 Å². The third kappa shape index (κ3) is 1.35. The van der Waals surface area contributed by atoms with Gasteiger partial charge in [0.2, 0.25) is 0 Å². The van der Waals surface area contributed by atoms with E-state index in [1.54, 1.807) is 6.26 Å². The van der Waals surface area contributed by atoms with Crippen molar-refractivity contribution in [3.8, 4) is 0 Å². The highest BCUT2D eigenvalue weighted by atomic mass is 16.5. The molecule has 0 amide bonds. The van der Waals surface area contributed by atoms with Crippen LogP contribution in [0.1, 0.15) is 20.3 Å². The number of ether oxygens (including phenoxy) is 1. The van der Waals surface area contributed by atoms with E-state index in [-0.39, 0.29) is 5.60 Å². The van der Waals surface area contributed by atoms with Crippen LogP contribution >= 0.6 is 0 Å². The second-order valence-corrected chi connectivity index (χ2v) is 2.47. The molecule has 50 valence electrons. The molecule has 0 fully saturated rings. The maximum Gasteiger partial charge on any atom is 0.123 e. The van der Waals surface area contributed by atoms with Crippen LogP contribution in [0.4, 0.5) is 0 Å². The minimum atomic E-state index is -0.0469. The molecule has 0 unspecified atom stereocenters. The van der Waals surface area contributed by atoms with Gasteiger partial charge < -0.3 is 4.74 Å². The highest BCUT2D eigenvalue weighted by Crippen LogP contribution is 2.19. The van der Waals surface area contributed by atoms with Gasteiger partial charge in [0.05, 0.1) is 6.26 Å². The second kappa shape index (κ2) is 2.26. The molecule has 1 nitrogen and oxygen atoms in total. The van der Waals surface area contributed by atoms with E-state index in [1.807, 2.05) is 12.2 Å². The lowest BCUT2D eigenvalue weighted by Crippen LogP contribution is -2.23. The Morgan fingerprint density at radius 1 is 1.44 bits per heavy atom. The molecule has 0 bridgehead atoms. The molecule has 1 aliphatic heterocycles. The summed E-state index contributed by atoms with van der Waals surface area (Å²) in [5.41, 5.74) is -0.0469. The largest absolute Gasteiger partial charge is 0.491 e. The van der Waals surface area contributed by atoms with Gasteiger partial charge in [-0.3, -0.25) is 0 Å². The molecular formula is C8H12O. The lowest BCUT2D eigenvalue weighted by molar-refractivity contribution is 0.0794. The number of hydrogen-bond donors (Lipinski definition) is 0. The van der Waals surface area contributed by atoms with Gasteiger partial charge in [-0.05, 0) is 25.5 Å². The van der Waals surface area contributed by atoms with Crippen molar-refractivity contribution >= 4 is 0 Å². The molecule has 0 aliphatic carbocycles. The zero-order chi connectivity index (χ0) is 6.74. The summed E-state index contributed by atoms with van der Waals surface area (Å²) in [6.07, 6.45) is 8.76. The normalized spacial score (nSPS) is 32.2. The Bertz CT molecular complexity index is 147. The molecule has 0 spiro atoms. The van der Waals surface area contributed by atoms with E-state index in [4.69, 9.17) is 4.74 Å². The highest BCUT2D eigenvalue weighted by Gasteiger charge is 2.18. The van der Waals surface area contributed by atoms with Gasteiger partial charge in [0, 0.05) is 0 Å². The minimum absolute atomic E-state index is 0.0469. The molecule has 0 aromatic carbocycles. The van der Waals surface area contributed by atoms with Crippen LogP contribution in [0.3, 0.4) is 0 Å². The summed E-state index contributed by atoms with van der Waals surface area (Å²) in [6, 6.07) is 0. The van der Waals surface area contributed by atoms with Crippen molar-refractivity contribution in [2.24, 2.45) is 0 Å². The highest BCUT2D eigenvalue weighted by molar-refractivity contribution is 5.12. The van der Waals surface area contributed by atoms with Gasteiger partial charge in [0.1, 0.15) is 5.60 Å². The summed E-state index contributed by atoms with van der Waals surface area (Å²) in [7, 11) is 0. The summed E-state index contributed by atoms with van der Waals surface area (Å²) in [5.74, 6) is 0. The number of allylic oxidation sites excluding steroid dienone is 2. The third-order valence-corrected chi connectivity index (χ3v) is 1.68. The first-order valence-electron chi connectivity index (χ1n) is 3.29. The average Bonchev–Trinajstić information content (AvgIpc) is 1.90. The van der Waals surface area contributed by atoms with Crippen LogP contribution in [0.2, 0.25) is 0 Å². The fourth-order valence-electron chi connectivity index (χ4n) is 0.740. The lowest BCUT2D eigenvalue weighted by atomic mass is 10.0. The Morgan fingerprint density at radius 2 is 2.22 bits per heavy atom. The van der Waals surface area contributed by atoms with Crippen LogP contribution in [0.25, 0.3) is 0 Å². The Kier molecular flexibility index (Phi) is 1.60. The molecule has 1 heteroatoms. The van der Waals surface area contributed by atoms with Crippen molar-refractivity contribution < 1.29 is 4.74 Å². The van der Waals surface area contributed by atoms with Crippen molar-refractivity contribution in [2.75, 3.05) is 0 Å². The lowest BCUT2D eigenvalue weighted by Gasteiger charge is -2.25. The molecule has 1 aliphatic rings. The van der Waals surface area contributed by atoms with Crippen LogP contribution in [0.15, 0.2) is 24.5 Å². The summed E-state index contributed by atoms with van der Waals surface area (Å²) < 4.78 is 5.35. The fraction of sp³-hybridized carbons (Fsp3) is 0.500. The Hall–Kier alpha value is -0.720. The Balaban J connectivity index is 2.63. The van der Waals surface area contributed by atoms with Gasteiger partial charge in [-0.15, -0.1) is 0 Å². The second-order valence-electron chi connectivity index (χ2n) is 2.47. The van der Waals surface area contributed by atoms with Crippen molar-refractivity contribution in [3.05, 3.63) is 24.5 Å². The molecule has 1 rings (SSSR count). The van der Waals surface area contributed by atoms with Gasteiger partial charge in [0.25, 0.3) is 0 Å². The van der Waals surface area contributed by atoms with Gasteiger partial charge in [-0.2, -0.15) is 0 Å². The van der Waals surface area contributed by atoms with Crippen LogP contribution in [-0.4, -0.2) is 5.60 Å². The monoisotopic (exact) mass is 124 g/mol. The summed E-state index contributed by atoms with van der Waals surface area (Å²) in [6.45, 7) is 4.19. The standard InChI is InChI=1S/C8H12O/c1-3-8(2)6-4-5-7-9-8/h4-7H,3H2,1-2H3/t8-/m0/s1. The average molecular weight is 124 g/mol. The molecule has 1 heterocycles. The van der Waals surface area contributed by atoms with E-state index < -0.39 is 0 Å². The van der Waals surface area contributed by atoms with E-state index >= 15 is 0 Å². The van der Waals surface area contributed by atoms with Gasteiger partial charge in [-0.1, -0.05) is 13.0 Å². The number of hydrogen-bond acceptors (Lipinski definition) is 1. The Labute approximate surface area is 56.0 Å². The number of rotatable bonds is 1. The van der Waals surface area contributed by atoms with Crippen LogP contribution in [-0.2, 0) is 4.74 Å². The van der Waals surface area contributed by atoms with Crippen LogP contribution in [0, 0.1) is 0 Å². The SMILES string of the molecule is CC[C@@]1(C)C=CC=CO1. The van der Waals surface area contributed by atoms with Gasteiger partial charge >= 0.3 is 0 Å². The van der Waals surface area contributed by atoms with Crippen molar-refractivity contribution in [3.63, 3.8) is 0 Å². The van der Waals surface area contributed by atoms with Crippen LogP contribution in [0.5, 0.6) is 0 Å². The van der Waals surface area contributed by atoms with E-state index in [0.29, 0.717) is 0 Å². The zero-order valence-electron chi connectivity index (χ0n) is 5.92. The first kappa shape index (κ1) is 6.40. The molecule has 0 radical (unpaired) electrons. The molecule has 0 saturated heterocycles. The zero-order valence-corrected chi connectivity index (χ0v) is 5.92. The van der Waals surface area contributed by atoms with E-state index in [1.165, 1.54) is 0 Å². The molecule has 1 atom stereocenters. The van der Waals surface area contributed by atoms with Crippen molar-refractivity contribution in [2.45, 2.75) is 25.9 Å². The maximum absolute atomic E-state index is 5.35.